The Morgan fingerprint density at radius 3 is 2.08 bits per heavy atom. The number of para-hydroxylation sites is 2. The van der Waals surface area contributed by atoms with Crippen LogP contribution in [0.15, 0.2) is 109 Å². The maximum absolute atomic E-state index is 13.6. The minimum absolute atomic E-state index is 0.157. The minimum Gasteiger partial charge on any atom is -0.442 e. The van der Waals surface area contributed by atoms with E-state index in [0.29, 0.717) is 16.3 Å². The molecular formula is C29H22ClNO5. The van der Waals surface area contributed by atoms with Crippen LogP contribution in [0, 0.1) is 0 Å². The molecule has 0 saturated carbocycles. The fourth-order valence-corrected chi connectivity index (χ4v) is 4.73. The van der Waals surface area contributed by atoms with Crippen molar-refractivity contribution >= 4 is 29.2 Å². The van der Waals surface area contributed by atoms with E-state index in [0.717, 1.165) is 0 Å². The lowest BCUT2D eigenvalue weighted by Gasteiger charge is -2.53. The molecule has 5 rings (SSSR count). The molecule has 4 aromatic carbocycles. The van der Waals surface area contributed by atoms with Gasteiger partial charge in [-0.2, -0.15) is 0 Å². The van der Waals surface area contributed by atoms with Crippen molar-refractivity contribution in [3.8, 4) is 5.75 Å². The van der Waals surface area contributed by atoms with Crippen LogP contribution in [0.5, 0.6) is 5.75 Å². The first-order chi connectivity index (χ1) is 17.4. The Morgan fingerprint density at radius 2 is 1.44 bits per heavy atom. The standard InChI is InChI=1S/C29H22ClNO5/c1-20(32)31-25-17-8-9-18-26(25)35-29(23-14-6-3-7-15-23,28(31,34)22-12-4-2-5-13-22)36-27(33)21-11-10-16-24(30)19-21/h2-19,34H,1H3. The van der Waals surface area contributed by atoms with Crippen molar-refractivity contribution in [2.45, 2.75) is 18.4 Å². The van der Waals surface area contributed by atoms with Crippen molar-refractivity contribution in [3.63, 3.8) is 0 Å². The predicted octanol–water partition coefficient (Wildman–Crippen LogP) is 5.64. The van der Waals surface area contributed by atoms with Crippen LogP contribution in [0.2, 0.25) is 5.02 Å². The van der Waals surface area contributed by atoms with Gasteiger partial charge < -0.3 is 14.6 Å². The molecule has 0 saturated heterocycles. The number of anilines is 1. The largest absolute Gasteiger partial charge is 0.442 e. The zero-order valence-corrected chi connectivity index (χ0v) is 20.1. The summed E-state index contributed by atoms with van der Waals surface area (Å²) in [7, 11) is 0. The third-order valence-corrected chi connectivity index (χ3v) is 6.32. The number of rotatable bonds is 4. The van der Waals surface area contributed by atoms with Gasteiger partial charge in [-0.3, -0.25) is 9.69 Å². The number of amides is 1. The van der Waals surface area contributed by atoms with E-state index in [1.165, 1.54) is 17.9 Å². The number of ether oxygens (including phenoxy) is 2. The lowest BCUT2D eigenvalue weighted by Crippen LogP contribution is -2.68. The second-order valence-corrected chi connectivity index (χ2v) is 8.78. The highest BCUT2D eigenvalue weighted by molar-refractivity contribution is 6.30. The zero-order valence-electron chi connectivity index (χ0n) is 19.3. The number of hydrogen-bond donors (Lipinski definition) is 1. The molecule has 1 amide bonds. The smallest absolute Gasteiger partial charge is 0.341 e. The highest BCUT2D eigenvalue weighted by Gasteiger charge is 2.66. The van der Waals surface area contributed by atoms with Crippen LogP contribution < -0.4 is 9.64 Å². The van der Waals surface area contributed by atoms with Gasteiger partial charge in [0.05, 0.1) is 11.3 Å². The van der Waals surface area contributed by atoms with Crippen LogP contribution in [-0.4, -0.2) is 17.0 Å². The van der Waals surface area contributed by atoms with Crippen molar-refractivity contribution in [2.24, 2.45) is 0 Å². The Balaban J connectivity index is 1.83. The summed E-state index contributed by atoms with van der Waals surface area (Å²) in [6.45, 7) is 1.34. The van der Waals surface area contributed by atoms with E-state index in [1.54, 1.807) is 103 Å². The molecule has 1 aliphatic heterocycles. The molecule has 4 aromatic rings. The van der Waals surface area contributed by atoms with Gasteiger partial charge in [0.2, 0.25) is 5.91 Å². The van der Waals surface area contributed by atoms with Crippen molar-refractivity contribution in [3.05, 3.63) is 131 Å². The molecule has 6 nitrogen and oxygen atoms in total. The molecule has 0 aliphatic carbocycles. The van der Waals surface area contributed by atoms with E-state index in [4.69, 9.17) is 21.1 Å². The number of aliphatic hydroxyl groups is 1. The SMILES string of the molecule is CC(=O)N1c2ccccc2OC(OC(=O)c2cccc(Cl)c2)(c2ccccc2)C1(O)c1ccccc1. The molecule has 1 aliphatic rings. The molecule has 0 fully saturated rings. The number of esters is 1. The van der Waals surface area contributed by atoms with E-state index in [2.05, 4.69) is 0 Å². The Morgan fingerprint density at radius 1 is 0.833 bits per heavy atom. The van der Waals surface area contributed by atoms with Gasteiger partial charge in [0.25, 0.3) is 5.72 Å². The summed E-state index contributed by atoms with van der Waals surface area (Å²) >= 11 is 6.13. The summed E-state index contributed by atoms with van der Waals surface area (Å²) in [6, 6.07) is 30.2. The topological polar surface area (TPSA) is 76.1 Å². The van der Waals surface area contributed by atoms with E-state index in [-0.39, 0.29) is 16.9 Å². The molecule has 1 N–H and O–H groups in total. The van der Waals surface area contributed by atoms with Gasteiger partial charge in [-0.25, -0.2) is 4.79 Å². The van der Waals surface area contributed by atoms with Gasteiger partial charge in [0, 0.05) is 23.1 Å². The summed E-state index contributed by atoms with van der Waals surface area (Å²) in [5.41, 5.74) is -1.18. The van der Waals surface area contributed by atoms with Gasteiger partial charge in [-0.15, -0.1) is 0 Å². The molecular weight excluding hydrogens is 478 g/mol. The second kappa shape index (κ2) is 9.15. The summed E-state index contributed by atoms with van der Waals surface area (Å²) < 4.78 is 12.6. The van der Waals surface area contributed by atoms with Gasteiger partial charge >= 0.3 is 11.8 Å². The van der Waals surface area contributed by atoms with Crippen molar-refractivity contribution in [1.82, 2.24) is 0 Å². The Bertz CT molecular complexity index is 1430. The molecule has 0 spiro atoms. The molecule has 0 bridgehead atoms. The lowest BCUT2D eigenvalue weighted by molar-refractivity contribution is -0.277. The number of carbonyl (C=O) groups is 2. The van der Waals surface area contributed by atoms with Gasteiger partial charge in [0.1, 0.15) is 5.75 Å². The predicted molar refractivity (Wildman–Crippen MR) is 136 cm³/mol. The van der Waals surface area contributed by atoms with Gasteiger partial charge in [-0.05, 0) is 30.3 Å². The van der Waals surface area contributed by atoms with E-state index < -0.39 is 23.4 Å². The third kappa shape index (κ3) is 3.71. The number of carbonyl (C=O) groups excluding carboxylic acids is 2. The Kier molecular flexibility index (Phi) is 6.00. The van der Waals surface area contributed by atoms with Crippen LogP contribution >= 0.6 is 11.6 Å². The first-order valence-electron chi connectivity index (χ1n) is 11.3. The van der Waals surface area contributed by atoms with Crippen molar-refractivity contribution in [1.29, 1.82) is 0 Å². The summed E-state index contributed by atoms with van der Waals surface area (Å²) in [5, 5.41) is 13.1. The van der Waals surface area contributed by atoms with E-state index in [9.17, 15) is 14.7 Å². The lowest BCUT2D eigenvalue weighted by atomic mass is 9.84. The molecule has 2 atom stereocenters. The highest BCUT2D eigenvalue weighted by Crippen LogP contribution is 2.55. The van der Waals surface area contributed by atoms with Gasteiger partial charge in [0.15, 0.2) is 0 Å². The van der Waals surface area contributed by atoms with E-state index >= 15 is 0 Å². The van der Waals surface area contributed by atoms with Crippen molar-refractivity contribution in [2.75, 3.05) is 4.90 Å². The van der Waals surface area contributed by atoms with Crippen LogP contribution in [-0.2, 0) is 21.0 Å². The summed E-state index contributed by atoms with van der Waals surface area (Å²) in [5.74, 6) is -3.19. The highest BCUT2D eigenvalue weighted by atomic mass is 35.5. The third-order valence-electron chi connectivity index (χ3n) is 6.08. The molecule has 36 heavy (non-hydrogen) atoms. The minimum atomic E-state index is -2.29. The first-order valence-corrected chi connectivity index (χ1v) is 11.7. The summed E-state index contributed by atoms with van der Waals surface area (Å²) in [6.07, 6.45) is 0. The average molecular weight is 500 g/mol. The Hall–Kier alpha value is -4.13. The van der Waals surface area contributed by atoms with E-state index in [1.807, 2.05) is 0 Å². The van der Waals surface area contributed by atoms with Crippen LogP contribution in [0.3, 0.4) is 0 Å². The average Bonchev–Trinajstić information content (AvgIpc) is 2.89. The Labute approximate surface area is 213 Å². The number of hydrogen-bond acceptors (Lipinski definition) is 5. The number of halogens is 1. The first kappa shape index (κ1) is 23.6. The molecule has 180 valence electrons. The van der Waals surface area contributed by atoms with Crippen LogP contribution in [0.1, 0.15) is 28.4 Å². The fraction of sp³-hybridized carbons (Fsp3) is 0.103. The fourth-order valence-electron chi connectivity index (χ4n) is 4.54. The van der Waals surface area contributed by atoms with Crippen molar-refractivity contribution < 1.29 is 24.2 Å². The van der Waals surface area contributed by atoms with Gasteiger partial charge in [-0.1, -0.05) is 90.5 Å². The molecule has 2 unspecified atom stereocenters. The molecule has 0 radical (unpaired) electrons. The van der Waals surface area contributed by atoms with Crippen LogP contribution in [0.25, 0.3) is 0 Å². The maximum atomic E-state index is 13.6. The molecule has 1 heterocycles. The maximum Gasteiger partial charge on any atom is 0.341 e. The monoisotopic (exact) mass is 499 g/mol. The number of benzene rings is 4. The number of nitrogens with zero attached hydrogens (tertiary/aromatic N) is 1. The zero-order chi connectivity index (χ0) is 25.3. The number of fused-ring (bicyclic) bond motifs is 1. The molecule has 0 aromatic heterocycles. The normalized spacial score (nSPS) is 20.7. The van der Waals surface area contributed by atoms with Crippen LogP contribution in [0.4, 0.5) is 5.69 Å². The second-order valence-electron chi connectivity index (χ2n) is 8.34. The summed E-state index contributed by atoms with van der Waals surface area (Å²) in [4.78, 5) is 28.0. The molecule has 7 heteroatoms. The quantitative estimate of drug-likeness (QED) is 0.368.